The number of nitrogens with zero attached hydrogens (tertiary/aromatic N) is 2. The summed E-state index contributed by atoms with van der Waals surface area (Å²) in [6.07, 6.45) is 0. The van der Waals surface area contributed by atoms with Crippen LogP contribution in [-0.2, 0) is 0 Å². The van der Waals surface area contributed by atoms with E-state index in [2.05, 4.69) is 9.97 Å². The van der Waals surface area contributed by atoms with Crippen LogP contribution < -0.4 is 11.5 Å². The van der Waals surface area contributed by atoms with Crippen LogP contribution in [0, 0.1) is 6.92 Å². The van der Waals surface area contributed by atoms with Crippen LogP contribution in [0.3, 0.4) is 0 Å². The minimum absolute atomic E-state index is 0.315. The van der Waals surface area contributed by atoms with E-state index in [1.54, 1.807) is 12.1 Å². The third kappa shape index (κ3) is 2.32. The molecule has 1 aromatic carbocycles. The number of fused-ring (bicyclic) bond motifs is 1. The zero-order chi connectivity index (χ0) is 15.1. The lowest BCUT2D eigenvalue weighted by Gasteiger charge is -2.03. The first-order valence-electron chi connectivity index (χ1n) is 6.09. The van der Waals surface area contributed by atoms with Gasteiger partial charge in [-0.15, -0.1) is 11.3 Å². The lowest BCUT2D eigenvalue weighted by Crippen LogP contribution is -2.10. The summed E-state index contributed by atoms with van der Waals surface area (Å²) < 4.78 is 0. The Hall–Kier alpha value is -2.18. The molecule has 0 aliphatic rings. The Kier molecular flexibility index (Phi) is 3.27. The lowest BCUT2D eigenvalue weighted by molar-refractivity contribution is 0.100. The number of thiophene rings is 1. The molecule has 0 bridgehead atoms. The van der Waals surface area contributed by atoms with Crippen LogP contribution in [0.15, 0.2) is 24.3 Å². The fourth-order valence-corrected chi connectivity index (χ4v) is 3.23. The van der Waals surface area contributed by atoms with E-state index >= 15 is 0 Å². The molecule has 0 saturated heterocycles. The Morgan fingerprint density at radius 3 is 2.52 bits per heavy atom. The normalized spacial score (nSPS) is 11.0. The van der Waals surface area contributed by atoms with Crippen LogP contribution in [0.5, 0.6) is 0 Å². The van der Waals surface area contributed by atoms with E-state index in [0.29, 0.717) is 37.3 Å². The van der Waals surface area contributed by atoms with Crippen molar-refractivity contribution in [2.75, 3.05) is 5.73 Å². The lowest BCUT2D eigenvalue weighted by atomic mass is 10.2. The molecule has 0 fully saturated rings. The van der Waals surface area contributed by atoms with Gasteiger partial charge in [0, 0.05) is 10.6 Å². The second kappa shape index (κ2) is 4.98. The summed E-state index contributed by atoms with van der Waals surface area (Å²) in [7, 11) is 0. The molecule has 21 heavy (non-hydrogen) atoms. The van der Waals surface area contributed by atoms with Crippen molar-refractivity contribution in [2.45, 2.75) is 6.92 Å². The molecule has 0 saturated carbocycles. The maximum Gasteiger partial charge on any atom is 0.260 e. The first-order chi connectivity index (χ1) is 9.97. The molecule has 4 N–H and O–H groups in total. The first kappa shape index (κ1) is 13.8. The Balaban J connectivity index is 2.23. The minimum Gasteiger partial charge on any atom is -0.397 e. The summed E-state index contributed by atoms with van der Waals surface area (Å²) in [5, 5.41) is 1.33. The van der Waals surface area contributed by atoms with Gasteiger partial charge in [-0.2, -0.15) is 0 Å². The highest BCUT2D eigenvalue weighted by Gasteiger charge is 2.18. The van der Waals surface area contributed by atoms with Crippen molar-refractivity contribution in [1.29, 1.82) is 0 Å². The monoisotopic (exact) mass is 318 g/mol. The van der Waals surface area contributed by atoms with Crippen molar-refractivity contribution in [3.63, 3.8) is 0 Å². The molecular weight excluding hydrogens is 308 g/mol. The fraction of sp³-hybridized carbons (Fsp3) is 0.0714. The number of aromatic nitrogens is 2. The summed E-state index contributed by atoms with van der Waals surface area (Å²) in [4.78, 5) is 21.3. The van der Waals surface area contributed by atoms with Gasteiger partial charge in [0.05, 0.1) is 16.8 Å². The van der Waals surface area contributed by atoms with Gasteiger partial charge in [-0.05, 0) is 31.2 Å². The number of anilines is 1. The number of nitrogen functional groups attached to an aromatic ring is 1. The van der Waals surface area contributed by atoms with Crippen molar-refractivity contribution in [2.24, 2.45) is 5.73 Å². The average molecular weight is 319 g/mol. The van der Waals surface area contributed by atoms with E-state index in [1.807, 2.05) is 19.1 Å². The van der Waals surface area contributed by atoms with Gasteiger partial charge < -0.3 is 11.5 Å². The van der Waals surface area contributed by atoms with Gasteiger partial charge in [0.15, 0.2) is 5.82 Å². The number of benzene rings is 1. The molecular formula is C14H11ClN4OS. The summed E-state index contributed by atoms with van der Waals surface area (Å²) in [5.41, 5.74) is 13.2. The molecule has 2 heterocycles. The van der Waals surface area contributed by atoms with Crippen LogP contribution in [0.1, 0.15) is 15.4 Å². The number of rotatable bonds is 2. The topological polar surface area (TPSA) is 94.9 Å². The molecule has 3 rings (SSSR count). The second-order valence-corrected chi connectivity index (χ2v) is 5.96. The van der Waals surface area contributed by atoms with Crippen molar-refractivity contribution in [3.8, 4) is 11.4 Å². The third-order valence-corrected chi connectivity index (χ3v) is 4.46. The molecule has 5 nitrogen and oxygen atoms in total. The Bertz CT molecular complexity index is 858. The van der Waals surface area contributed by atoms with Crippen LogP contribution in [0.25, 0.3) is 21.6 Å². The van der Waals surface area contributed by atoms with Crippen LogP contribution in [-0.4, -0.2) is 15.9 Å². The van der Waals surface area contributed by atoms with E-state index in [9.17, 15) is 4.79 Å². The van der Waals surface area contributed by atoms with E-state index < -0.39 is 5.91 Å². The van der Waals surface area contributed by atoms with E-state index in [1.165, 1.54) is 11.3 Å². The zero-order valence-corrected chi connectivity index (χ0v) is 12.6. The van der Waals surface area contributed by atoms with Gasteiger partial charge in [0.2, 0.25) is 0 Å². The Morgan fingerprint density at radius 2 is 1.90 bits per heavy atom. The van der Waals surface area contributed by atoms with Gasteiger partial charge in [0.1, 0.15) is 9.71 Å². The molecule has 106 valence electrons. The molecule has 3 aromatic rings. The largest absolute Gasteiger partial charge is 0.397 e. The Labute approximate surface area is 129 Å². The molecule has 0 aliphatic heterocycles. The molecule has 0 aliphatic carbocycles. The SMILES string of the molecule is Cc1nc(-c2ccc(Cl)cc2)nc2sc(C(N)=O)c(N)c12. The number of primary amides is 1. The average Bonchev–Trinajstić information content (AvgIpc) is 2.77. The molecule has 7 heteroatoms. The predicted octanol–water partition coefficient (Wildman–Crippen LogP) is 3.00. The van der Waals surface area contributed by atoms with Gasteiger partial charge >= 0.3 is 0 Å². The maximum absolute atomic E-state index is 11.4. The van der Waals surface area contributed by atoms with Crippen molar-refractivity contribution < 1.29 is 4.79 Å². The minimum atomic E-state index is -0.553. The number of carbonyl (C=O) groups is 1. The number of amides is 1. The Morgan fingerprint density at radius 1 is 1.24 bits per heavy atom. The highest BCUT2D eigenvalue weighted by molar-refractivity contribution is 7.21. The van der Waals surface area contributed by atoms with Gasteiger partial charge in [-0.3, -0.25) is 4.79 Å². The molecule has 0 unspecified atom stereocenters. The molecule has 2 aromatic heterocycles. The van der Waals surface area contributed by atoms with Crippen molar-refractivity contribution in [3.05, 3.63) is 39.9 Å². The zero-order valence-electron chi connectivity index (χ0n) is 11.1. The highest BCUT2D eigenvalue weighted by atomic mass is 35.5. The molecule has 0 spiro atoms. The van der Waals surface area contributed by atoms with E-state index in [-0.39, 0.29) is 0 Å². The smallest absolute Gasteiger partial charge is 0.260 e. The highest BCUT2D eigenvalue weighted by Crippen LogP contribution is 2.35. The second-order valence-electron chi connectivity index (χ2n) is 4.53. The number of carbonyl (C=O) groups excluding carboxylic acids is 1. The summed E-state index contributed by atoms with van der Waals surface area (Å²) in [5.74, 6) is 0.0110. The van der Waals surface area contributed by atoms with Crippen LogP contribution in [0.4, 0.5) is 5.69 Å². The van der Waals surface area contributed by atoms with Gasteiger partial charge in [0.25, 0.3) is 5.91 Å². The number of nitrogens with two attached hydrogens (primary N) is 2. The van der Waals surface area contributed by atoms with Crippen LogP contribution >= 0.6 is 22.9 Å². The van der Waals surface area contributed by atoms with Crippen molar-refractivity contribution in [1.82, 2.24) is 9.97 Å². The van der Waals surface area contributed by atoms with Gasteiger partial charge in [-0.1, -0.05) is 11.6 Å². The van der Waals surface area contributed by atoms with E-state index in [0.717, 1.165) is 5.56 Å². The molecule has 1 amide bonds. The third-order valence-electron chi connectivity index (χ3n) is 3.10. The molecule has 0 atom stereocenters. The van der Waals surface area contributed by atoms with Crippen molar-refractivity contribution >= 4 is 44.7 Å². The maximum atomic E-state index is 11.4. The predicted molar refractivity (Wildman–Crippen MR) is 85.5 cm³/mol. The quantitative estimate of drug-likeness (QED) is 0.759. The summed E-state index contributed by atoms with van der Waals surface area (Å²) in [6, 6.07) is 7.23. The molecule has 0 radical (unpaired) electrons. The number of halogens is 1. The number of hydrogen-bond acceptors (Lipinski definition) is 5. The number of hydrogen-bond donors (Lipinski definition) is 2. The van der Waals surface area contributed by atoms with Crippen LogP contribution in [0.2, 0.25) is 5.02 Å². The summed E-state index contributed by atoms with van der Waals surface area (Å²) >= 11 is 7.06. The summed E-state index contributed by atoms with van der Waals surface area (Å²) in [6.45, 7) is 1.83. The number of aryl methyl sites for hydroxylation is 1. The van der Waals surface area contributed by atoms with Gasteiger partial charge in [-0.25, -0.2) is 9.97 Å². The fourth-order valence-electron chi connectivity index (χ4n) is 2.11. The van der Waals surface area contributed by atoms with E-state index in [4.69, 9.17) is 23.1 Å². The standard InChI is InChI=1S/C14H11ClN4OS/c1-6-9-10(16)11(12(17)20)21-14(9)19-13(18-6)7-2-4-8(15)5-3-7/h2-5H,16H2,1H3,(H2,17,20). The first-order valence-corrected chi connectivity index (χ1v) is 7.29.